The predicted octanol–water partition coefficient (Wildman–Crippen LogP) is 4.52. The Balaban J connectivity index is 1.83. The molecule has 0 radical (unpaired) electrons. The molecule has 0 aromatic heterocycles. The normalized spacial score (nSPS) is 15.0. The van der Waals surface area contributed by atoms with Crippen LogP contribution in [0.1, 0.15) is 57.5 Å². The Morgan fingerprint density at radius 2 is 1.82 bits per heavy atom. The monoisotopic (exact) mass is 668 g/mol. The Kier molecular flexibility index (Phi) is 11.4. The number of quaternary nitrogens is 1. The maximum Gasteiger partial charge on any atom is 0.424 e. The van der Waals surface area contributed by atoms with Crippen LogP contribution in [-0.4, -0.2) is 73.5 Å². The molecule has 1 aliphatic heterocycles. The molecular formula is C28H37ClN6O9S. The van der Waals surface area contributed by atoms with Crippen LogP contribution in [0, 0.1) is 5.21 Å². The molecule has 1 aliphatic rings. The van der Waals surface area contributed by atoms with E-state index in [-0.39, 0.29) is 34.0 Å². The molecule has 3 rings (SSSR count). The smallest absolute Gasteiger partial charge is 0.424 e. The van der Waals surface area contributed by atoms with E-state index in [0.717, 1.165) is 17.3 Å². The molecule has 2 aromatic rings. The van der Waals surface area contributed by atoms with Gasteiger partial charge in [0.1, 0.15) is 30.1 Å². The maximum absolute atomic E-state index is 13.8. The number of ether oxygens (including phenoxy) is 2. The second-order valence-electron chi connectivity index (χ2n) is 11.0. The molecule has 246 valence electrons. The van der Waals surface area contributed by atoms with Gasteiger partial charge in [0.15, 0.2) is 0 Å². The molecule has 1 atom stereocenters. The third-order valence-electron chi connectivity index (χ3n) is 6.58. The number of hydrogen-bond donors (Lipinski definition) is 1. The molecule has 0 fully saturated rings. The summed E-state index contributed by atoms with van der Waals surface area (Å²) in [7, 11) is -4.90. The van der Waals surface area contributed by atoms with Crippen molar-refractivity contribution in [3.8, 4) is 0 Å². The molecule has 2 aromatic carbocycles. The van der Waals surface area contributed by atoms with E-state index in [9.17, 15) is 28.0 Å². The molecule has 15 nitrogen and oxygen atoms in total. The van der Waals surface area contributed by atoms with Gasteiger partial charge < -0.3 is 19.5 Å². The molecule has 0 saturated heterocycles. The number of carbonyl (C=O) groups excluding carboxylic acids is 3. The van der Waals surface area contributed by atoms with E-state index >= 15 is 0 Å². The average molecular weight is 669 g/mol. The van der Waals surface area contributed by atoms with Gasteiger partial charge in [-0.3, -0.25) is 15.2 Å². The number of fused-ring (bicyclic) bond motifs is 1. The standard InChI is InChI=1S/C28H37ClN6O9S/c1-7-35(39,8-2)31-32-43-18-42-25(36)17-33(27(38)44-28(4,5)6)45(40,41)24-16-21(13-14-22(24)29)26(37)30-34-19(3)15-20-11-9-10-12-23(20)34/h9-14,16,19H,7-8,15,17-18H2,1-6H3,(H,30,37)/b32-31-. The van der Waals surface area contributed by atoms with E-state index in [4.69, 9.17) is 21.1 Å². The second-order valence-corrected chi connectivity index (χ2v) is 13.3. The van der Waals surface area contributed by atoms with Gasteiger partial charge in [0.25, 0.3) is 22.7 Å². The average Bonchev–Trinajstić information content (AvgIpc) is 3.29. The third kappa shape index (κ3) is 9.03. The number of sulfonamides is 1. The zero-order chi connectivity index (χ0) is 33.6. The molecule has 45 heavy (non-hydrogen) atoms. The summed E-state index contributed by atoms with van der Waals surface area (Å²) < 4.78 is 36.8. The first kappa shape index (κ1) is 35.5. The van der Waals surface area contributed by atoms with Crippen molar-refractivity contribution in [2.75, 3.05) is 31.4 Å². The van der Waals surface area contributed by atoms with Crippen LogP contribution in [0.2, 0.25) is 5.02 Å². The van der Waals surface area contributed by atoms with Crippen molar-refractivity contribution in [3.63, 3.8) is 0 Å². The van der Waals surface area contributed by atoms with Gasteiger partial charge in [0.2, 0.25) is 0 Å². The highest BCUT2D eigenvalue weighted by Crippen LogP contribution is 2.31. The molecule has 0 spiro atoms. The highest BCUT2D eigenvalue weighted by Gasteiger charge is 2.37. The molecular weight excluding hydrogens is 632 g/mol. The van der Waals surface area contributed by atoms with Crippen LogP contribution in [0.4, 0.5) is 10.5 Å². The maximum atomic E-state index is 13.8. The fourth-order valence-corrected chi connectivity index (χ4v) is 5.90. The summed E-state index contributed by atoms with van der Waals surface area (Å²) in [5.41, 5.74) is 3.42. The first-order valence-electron chi connectivity index (χ1n) is 14.0. The lowest BCUT2D eigenvalue weighted by molar-refractivity contribution is -0.890. The Morgan fingerprint density at radius 3 is 2.47 bits per heavy atom. The quantitative estimate of drug-likeness (QED) is 0.0844. The van der Waals surface area contributed by atoms with Gasteiger partial charge in [-0.25, -0.2) is 22.8 Å². The molecule has 17 heteroatoms. The number of rotatable bonds is 12. The van der Waals surface area contributed by atoms with Crippen molar-refractivity contribution >= 4 is 45.3 Å². The minimum atomic E-state index is -4.90. The molecule has 0 saturated carbocycles. The van der Waals surface area contributed by atoms with Gasteiger partial charge in [0.05, 0.1) is 27.3 Å². The SMILES string of the molecule is CC[N+]([O-])(CC)/N=N\OCOC(=O)CN(C(=O)OC(C)(C)C)S(=O)(=O)c1cc(C(=O)NN2c3ccccc3CC2C)ccc1Cl. The Morgan fingerprint density at radius 1 is 1.16 bits per heavy atom. The van der Waals surface area contributed by atoms with E-state index in [2.05, 4.69) is 20.8 Å². The van der Waals surface area contributed by atoms with Crippen molar-refractivity contribution in [3.05, 3.63) is 63.8 Å². The lowest BCUT2D eigenvalue weighted by atomic mass is 10.1. The number of nitrogens with one attached hydrogen (secondary N) is 1. The topological polar surface area (TPSA) is 179 Å². The minimum Gasteiger partial charge on any atom is -0.603 e. The molecule has 2 amide bonds. The van der Waals surface area contributed by atoms with Crippen molar-refractivity contribution in [2.45, 2.75) is 64.5 Å². The molecule has 1 unspecified atom stereocenters. The fourth-order valence-electron chi connectivity index (χ4n) is 4.15. The van der Waals surface area contributed by atoms with Crippen LogP contribution in [0.3, 0.4) is 0 Å². The first-order valence-corrected chi connectivity index (χ1v) is 15.8. The summed E-state index contributed by atoms with van der Waals surface area (Å²) >= 11 is 6.26. The number of benzene rings is 2. The van der Waals surface area contributed by atoms with Crippen molar-refractivity contribution in [1.29, 1.82) is 0 Å². The van der Waals surface area contributed by atoms with E-state index in [1.807, 2.05) is 31.2 Å². The zero-order valence-corrected chi connectivity index (χ0v) is 27.4. The predicted molar refractivity (Wildman–Crippen MR) is 163 cm³/mol. The Hall–Kier alpha value is -3.99. The van der Waals surface area contributed by atoms with Crippen LogP contribution in [0.5, 0.6) is 0 Å². The molecule has 0 aliphatic carbocycles. The Bertz CT molecular complexity index is 1540. The highest BCUT2D eigenvalue weighted by molar-refractivity contribution is 7.89. The number of hydrazine groups is 1. The number of amides is 2. The van der Waals surface area contributed by atoms with Gasteiger partial charge in [0, 0.05) is 5.56 Å². The summed E-state index contributed by atoms with van der Waals surface area (Å²) in [4.78, 5) is 43.0. The Labute approximate surface area is 266 Å². The number of hydrogen-bond acceptors (Lipinski definition) is 12. The first-order chi connectivity index (χ1) is 21.0. The lowest BCUT2D eigenvalue weighted by Crippen LogP contribution is -2.46. The lowest BCUT2D eigenvalue weighted by Gasteiger charge is -2.30. The van der Waals surface area contributed by atoms with Gasteiger partial charge in [-0.1, -0.05) is 29.8 Å². The van der Waals surface area contributed by atoms with E-state index in [1.165, 1.54) is 32.9 Å². The minimum absolute atomic E-state index is 0.0683. The van der Waals surface area contributed by atoms with Gasteiger partial charge >= 0.3 is 12.1 Å². The molecule has 1 heterocycles. The molecule has 0 bridgehead atoms. The summed E-state index contributed by atoms with van der Waals surface area (Å²) in [5.74, 6) is -1.85. The van der Waals surface area contributed by atoms with Crippen LogP contribution >= 0.6 is 11.6 Å². The number of esters is 1. The number of halogens is 1. The number of carbonyl (C=O) groups is 3. The highest BCUT2D eigenvalue weighted by atomic mass is 35.5. The fraction of sp³-hybridized carbons (Fsp3) is 0.464. The number of hydroxylamine groups is 2. The van der Waals surface area contributed by atoms with E-state index in [0.29, 0.717) is 6.42 Å². The van der Waals surface area contributed by atoms with E-state index in [1.54, 1.807) is 18.9 Å². The third-order valence-corrected chi connectivity index (χ3v) is 8.77. The van der Waals surface area contributed by atoms with Crippen LogP contribution in [-0.2, 0) is 35.5 Å². The van der Waals surface area contributed by atoms with Crippen LogP contribution < -0.4 is 10.4 Å². The summed E-state index contributed by atoms with van der Waals surface area (Å²) in [5, 5.41) is 20.1. The zero-order valence-electron chi connectivity index (χ0n) is 25.9. The summed E-state index contributed by atoms with van der Waals surface area (Å²) in [6.45, 7) is 7.84. The van der Waals surface area contributed by atoms with Crippen molar-refractivity contribution < 1.29 is 41.9 Å². The number of nitrogens with zero attached hydrogens (tertiary/aromatic N) is 5. The van der Waals surface area contributed by atoms with Crippen molar-refractivity contribution in [1.82, 2.24) is 9.73 Å². The largest absolute Gasteiger partial charge is 0.603 e. The molecule has 1 N–H and O–H groups in total. The van der Waals surface area contributed by atoms with Crippen molar-refractivity contribution in [2.24, 2.45) is 10.5 Å². The summed E-state index contributed by atoms with van der Waals surface area (Å²) in [6.07, 6.45) is -0.699. The number of anilines is 1. The van der Waals surface area contributed by atoms with Gasteiger partial charge in [-0.05, 0) is 77.8 Å². The van der Waals surface area contributed by atoms with Crippen LogP contribution in [0.15, 0.2) is 57.9 Å². The number of para-hydroxylation sites is 1. The summed E-state index contributed by atoms with van der Waals surface area (Å²) in [6, 6.07) is 11.0. The van der Waals surface area contributed by atoms with Gasteiger partial charge in [-0.2, -0.15) is 4.31 Å². The van der Waals surface area contributed by atoms with Crippen LogP contribution in [0.25, 0.3) is 0 Å². The van der Waals surface area contributed by atoms with E-state index < -0.39 is 56.6 Å². The van der Waals surface area contributed by atoms with Gasteiger partial charge in [-0.15, -0.1) is 0 Å². The second kappa shape index (κ2) is 14.4.